The number of aliphatic carboxylic acids is 1. The van der Waals surface area contributed by atoms with Crippen LogP contribution >= 0.6 is 11.3 Å². The average Bonchev–Trinajstić information content (AvgIpc) is 2.81. The molecule has 17 heavy (non-hydrogen) atoms. The fourth-order valence-electron chi connectivity index (χ4n) is 1.37. The first-order valence-electron chi connectivity index (χ1n) is 5.00. The molecule has 0 saturated carbocycles. The average molecular weight is 250 g/mol. The second-order valence-corrected chi connectivity index (χ2v) is 4.35. The molecule has 0 aromatic carbocycles. The van der Waals surface area contributed by atoms with Crippen molar-refractivity contribution in [2.75, 3.05) is 0 Å². The smallest absolute Gasteiger partial charge is 0.305 e. The number of hydrogen-bond donors (Lipinski definition) is 1. The fraction of sp³-hybridized carbons (Fsp3) is 0.182. The van der Waals surface area contributed by atoms with Gasteiger partial charge in [0.05, 0.1) is 17.8 Å². The van der Waals surface area contributed by atoms with Gasteiger partial charge >= 0.3 is 5.97 Å². The lowest BCUT2D eigenvalue weighted by Gasteiger charge is -2.04. The summed E-state index contributed by atoms with van der Waals surface area (Å²) >= 11 is 1.52. The summed E-state index contributed by atoms with van der Waals surface area (Å²) in [6.07, 6.45) is -0.110. The number of aromatic nitrogens is 2. The minimum absolute atomic E-state index is 0.0907. The third-order valence-electron chi connectivity index (χ3n) is 2.18. The minimum atomic E-state index is -0.944. The molecule has 0 amide bonds. The van der Waals surface area contributed by atoms with Gasteiger partial charge in [-0.1, -0.05) is 6.07 Å². The van der Waals surface area contributed by atoms with Gasteiger partial charge in [-0.2, -0.15) is 5.10 Å². The number of carboxylic acids is 1. The van der Waals surface area contributed by atoms with Crippen LogP contribution in [0.3, 0.4) is 0 Å². The van der Waals surface area contributed by atoms with Crippen LogP contribution < -0.4 is 5.56 Å². The molecule has 0 unspecified atom stereocenters. The molecular formula is C11H10N2O3S. The molecular weight excluding hydrogens is 240 g/mol. The van der Waals surface area contributed by atoms with Crippen LogP contribution in [0.5, 0.6) is 0 Å². The minimum Gasteiger partial charge on any atom is -0.481 e. The number of nitrogens with zero attached hydrogens (tertiary/aromatic N) is 2. The van der Waals surface area contributed by atoms with Crippen molar-refractivity contribution in [3.8, 4) is 10.6 Å². The Labute approximate surface area is 101 Å². The van der Waals surface area contributed by atoms with Crippen LogP contribution in [0.15, 0.2) is 34.4 Å². The largest absolute Gasteiger partial charge is 0.481 e. The molecule has 6 heteroatoms. The molecule has 0 atom stereocenters. The van der Waals surface area contributed by atoms with E-state index in [1.807, 2.05) is 17.5 Å². The first-order valence-corrected chi connectivity index (χ1v) is 5.88. The second kappa shape index (κ2) is 4.92. The van der Waals surface area contributed by atoms with Gasteiger partial charge < -0.3 is 5.11 Å². The zero-order chi connectivity index (χ0) is 12.3. The number of thiophene rings is 1. The van der Waals surface area contributed by atoms with Gasteiger partial charge in [0.1, 0.15) is 5.69 Å². The molecule has 2 aromatic heterocycles. The van der Waals surface area contributed by atoms with Crippen LogP contribution in [-0.4, -0.2) is 20.9 Å². The van der Waals surface area contributed by atoms with Gasteiger partial charge in [0.2, 0.25) is 0 Å². The summed E-state index contributed by atoms with van der Waals surface area (Å²) in [5.74, 6) is -0.944. The molecule has 88 valence electrons. The number of hydrogen-bond acceptors (Lipinski definition) is 4. The quantitative estimate of drug-likeness (QED) is 0.891. The summed E-state index contributed by atoms with van der Waals surface area (Å²) < 4.78 is 1.18. The Bertz CT molecular complexity index is 575. The normalized spacial score (nSPS) is 10.4. The third-order valence-corrected chi connectivity index (χ3v) is 3.07. The van der Waals surface area contributed by atoms with Gasteiger partial charge in [-0.15, -0.1) is 11.3 Å². The topological polar surface area (TPSA) is 72.2 Å². The maximum Gasteiger partial charge on any atom is 0.305 e. The molecule has 2 rings (SSSR count). The van der Waals surface area contributed by atoms with E-state index in [0.717, 1.165) is 4.88 Å². The first kappa shape index (κ1) is 11.5. The summed E-state index contributed by atoms with van der Waals surface area (Å²) in [4.78, 5) is 22.9. The molecule has 0 fully saturated rings. The summed E-state index contributed by atoms with van der Waals surface area (Å²) in [6, 6.07) is 6.85. The van der Waals surface area contributed by atoms with Gasteiger partial charge in [0.15, 0.2) is 0 Å². The molecule has 0 bridgehead atoms. The third kappa shape index (κ3) is 2.79. The standard InChI is InChI=1S/C11H10N2O3S/c14-10-4-3-8(9-2-1-7-17-9)12-13(10)6-5-11(15)16/h1-4,7H,5-6H2,(H,15,16). The lowest BCUT2D eigenvalue weighted by atomic mass is 10.3. The van der Waals surface area contributed by atoms with Crippen LogP contribution in [0.25, 0.3) is 10.6 Å². The molecule has 1 N–H and O–H groups in total. The monoisotopic (exact) mass is 250 g/mol. The van der Waals surface area contributed by atoms with E-state index in [1.165, 1.54) is 22.1 Å². The van der Waals surface area contributed by atoms with Crippen LogP contribution in [0, 0.1) is 0 Å². The Morgan fingerprint density at radius 2 is 2.24 bits per heavy atom. The summed E-state index contributed by atoms with van der Waals surface area (Å²) in [6.45, 7) is 0.0907. The lowest BCUT2D eigenvalue weighted by Crippen LogP contribution is -2.23. The van der Waals surface area contributed by atoms with E-state index in [1.54, 1.807) is 6.07 Å². The van der Waals surface area contributed by atoms with E-state index in [-0.39, 0.29) is 18.5 Å². The second-order valence-electron chi connectivity index (χ2n) is 3.40. The molecule has 5 nitrogen and oxygen atoms in total. The highest BCUT2D eigenvalue weighted by molar-refractivity contribution is 7.13. The highest BCUT2D eigenvalue weighted by Crippen LogP contribution is 2.20. The molecule has 0 saturated heterocycles. The van der Waals surface area contributed by atoms with Crippen molar-refractivity contribution in [2.24, 2.45) is 0 Å². The summed E-state index contributed by atoms with van der Waals surface area (Å²) in [7, 11) is 0. The lowest BCUT2D eigenvalue weighted by molar-refractivity contribution is -0.137. The van der Waals surface area contributed by atoms with E-state index < -0.39 is 5.97 Å². The Kier molecular flexibility index (Phi) is 3.34. The molecule has 0 aliphatic rings. The predicted molar refractivity (Wildman–Crippen MR) is 64.1 cm³/mol. The number of carbonyl (C=O) groups is 1. The maximum absolute atomic E-state index is 11.5. The van der Waals surface area contributed by atoms with Crippen molar-refractivity contribution in [1.82, 2.24) is 9.78 Å². The number of aryl methyl sites for hydroxylation is 1. The van der Waals surface area contributed by atoms with Crippen LogP contribution in [0.1, 0.15) is 6.42 Å². The highest BCUT2D eigenvalue weighted by Gasteiger charge is 2.05. The van der Waals surface area contributed by atoms with Crippen LogP contribution in [0.4, 0.5) is 0 Å². The van der Waals surface area contributed by atoms with Gasteiger partial charge in [0, 0.05) is 6.07 Å². The van der Waals surface area contributed by atoms with Gasteiger partial charge in [-0.05, 0) is 17.5 Å². The van der Waals surface area contributed by atoms with Gasteiger partial charge in [-0.25, -0.2) is 4.68 Å². The number of carboxylic acid groups (broad SMARTS) is 1. The van der Waals surface area contributed by atoms with Crippen molar-refractivity contribution in [3.63, 3.8) is 0 Å². The first-order chi connectivity index (χ1) is 8.16. The maximum atomic E-state index is 11.5. The van der Waals surface area contributed by atoms with E-state index in [9.17, 15) is 9.59 Å². The van der Waals surface area contributed by atoms with Crippen molar-refractivity contribution in [3.05, 3.63) is 40.0 Å². The van der Waals surface area contributed by atoms with Crippen LogP contribution in [0.2, 0.25) is 0 Å². The summed E-state index contributed by atoms with van der Waals surface area (Å²) in [5, 5.41) is 14.6. The number of rotatable bonds is 4. The van der Waals surface area contributed by atoms with Crippen LogP contribution in [-0.2, 0) is 11.3 Å². The van der Waals surface area contributed by atoms with Crippen molar-refractivity contribution >= 4 is 17.3 Å². The van der Waals surface area contributed by atoms with E-state index in [0.29, 0.717) is 5.69 Å². The Morgan fingerprint density at radius 1 is 1.41 bits per heavy atom. The molecule has 2 aromatic rings. The van der Waals surface area contributed by atoms with Gasteiger partial charge in [-0.3, -0.25) is 9.59 Å². The summed E-state index contributed by atoms with van der Waals surface area (Å²) in [5.41, 5.74) is 0.400. The van der Waals surface area contributed by atoms with Crippen molar-refractivity contribution in [2.45, 2.75) is 13.0 Å². The molecule has 0 radical (unpaired) electrons. The zero-order valence-corrected chi connectivity index (χ0v) is 9.68. The van der Waals surface area contributed by atoms with Crippen molar-refractivity contribution in [1.29, 1.82) is 0 Å². The highest BCUT2D eigenvalue weighted by atomic mass is 32.1. The Morgan fingerprint density at radius 3 is 2.88 bits per heavy atom. The molecule has 2 heterocycles. The van der Waals surface area contributed by atoms with E-state index in [4.69, 9.17) is 5.11 Å². The SMILES string of the molecule is O=C(O)CCn1nc(-c2cccs2)ccc1=O. The molecule has 0 aliphatic carbocycles. The van der Waals surface area contributed by atoms with E-state index >= 15 is 0 Å². The predicted octanol–water partition coefficient (Wildman–Crippen LogP) is 1.45. The zero-order valence-electron chi connectivity index (χ0n) is 8.87. The van der Waals surface area contributed by atoms with Crippen molar-refractivity contribution < 1.29 is 9.90 Å². The Balaban J connectivity index is 2.30. The Hall–Kier alpha value is -1.95. The molecule has 0 spiro atoms. The van der Waals surface area contributed by atoms with E-state index in [2.05, 4.69) is 5.10 Å². The fourth-order valence-corrected chi connectivity index (χ4v) is 2.06. The van der Waals surface area contributed by atoms with Gasteiger partial charge in [0.25, 0.3) is 5.56 Å². The molecule has 0 aliphatic heterocycles.